The topological polar surface area (TPSA) is 430 Å². The Kier molecular flexibility index (Phi) is 24.6. The number of aliphatic imine (C=N–C) groups is 1. The molecule has 1 aliphatic heterocycles. The second-order valence-corrected chi connectivity index (χ2v) is 21.2. The van der Waals surface area contributed by atoms with Gasteiger partial charge in [0.25, 0.3) is 0 Å². The Morgan fingerprint density at radius 3 is 1.97 bits per heavy atom. The zero-order valence-electron chi connectivity index (χ0n) is 40.2. The van der Waals surface area contributed by atoms with Gasteiger partial charge in [0.05, 0.1) is 25.8 Å². The quantitative estimate of drug-likeness (QED) is 0.0125. The molecule has 2 aromatic rings. The van der Waals surface area contributed by atoms with E-state index in [1.54, 1.807) is 44.3 Å². The van der Waals surface area contributed by atoms with E-state index in [1.807, 2.05) is 0 Å². The molecule has 0 bridgehead atoms. The van der Waals surface area contributed by atoms with Gasteiger partial charge in [0.15, 0.2) is 5.96 Å². The number of nitrogens with one attached hydrogen (secondary N) is 7. The summed E-state index contributed by atoms with van der Waals surface area (Å²) < 4.78 is -1.08. The molecule has 16 N–H and O–H groups in total. The number of benzene rings is 1. The number of hydrogen-bond donors (Lipinski definition) is 14. The highest BCUT2D eigenvalue weighted by molar-refractivity contribution is 8.76. The second-order valence-electron chi connectivity index (χ2n) is 17.4. The van der Waals surface area contributed by atoms with Crippen molar-refractivity contribution < 1.29 is 68.1 Å². The number of amides is 8. The van der Waals surface area contributed by atoms with Crippen LogP contribution >= 0.6 is 34.2 Å². The van der Waals surface area contributed by atoms with Crippen molar-refractivity contribution in [2.75, 3.05) is 31.1 Å². The summed E-state index contributed by atoms with van der Waals surface area (Å²) in [5.41, 5.74) is 17.6. The molecular weight excluding hydrogens is 1020 g/mol. The van der Waals surface area contributed by atoms with Crippen molar-refractivity contribution in [2.24, 2.45) is 22.2 Å². The lowest BCUT2D eigenvalue weighted by atomic mass is 10.0. The molecule has 1 aliphatic rings. The number of unbranched alkanes of at least 4 members (excludes halogenated alkanes) is 1. The van der Waals surface area contributed by atoms with E-state index in [0.29, 0.717) is 29.3 Å². The molecule has 1 fully saturated rings. The number of guanidine groups is 1. The van der Waals surface area contributed by atoms with Crippen LogP contribution in [0.1, 0.15) is 77.2 Å². The number of aromatic amines is 1. The molecule has 8 amide bonds. The summed E-state index contributed by atoms with van der Waals surface area (Å²) in [7, 11) is 2.41. The Morgan fingerprint density at radius 1 is 0.781 bits per heavy atom. The normalized spacial score (nSPS) is 15.3. The molecule has 0 unspecified atom stereocenters. The Hall–Kier alpha value is -6.75. The molecule has 6 atom stereocenters. The summed E-state index contributed by atoms with van der Waals surface area (Å²) in [6.45, 7) is 2.47. The summed E-state index contributed by atoms with van der Waals surface area (Å²) in [5.74, 6) is -10.9. The number of aliphatic carboxylic acids is 3. The SMILES string of the molecule is CC(C)(S)[C@H](NC(=O)[C@@H]1CCCN1C(=O)[C@H](Cc1c[nH]c2ccccc12)NC(=O)[C@H](CC(=O)O)NC(=O)CNC(=O)[C@H](CCCCN=C(N)N)NC(=O)[C@H](CC(=O)O)NC(=O)CCSSCCC(=O)O)C(N)=O. The lowest BCUT2D eigenvalue weighted by Gasteiger charge is -2.32. The van der Waals surface area contributed by atoms with Crippen LogP contribution in [0.25, 0.3) is 10.9 Å². The van der Waals surface area contributed by atoms with Crippen molar-refractivity contribution in [3.05, 3.63) is 36.0 Å². The van der Waals surface area contributed by atoms with Gasteiger partial charge in [-0.3, -0.25) is 57.7 Å². The number of nitrogens with two attached hydrogens (primary N) is 3. The molecule has 3 rings (SSSR count). The Morgan fingerprint density at radius 2 is 1.38 bits per heavy atom. The largest absolute Gasteiger partial charge is 0.481 e. The van der Waals surface area contributed by atoms with E-state index < -0.39 is 126 Å². The van der Waals surface area contributed by atoms with Crippen LogP contribution in [0, 0.1) is 0 Å². The number of nitrogens with zero attached hydrogens (tertiary/aromatic N) is 2. The molecule has 402 valence electrons. The van der Waals surface area contributed by atoms with E-state index in [9.17, 15) is 63.0 Å². The van der Waals surface area contributed by atoms with Crippen molar-refractivity contribution >= 4 is 116 Å². The van der Waals surface area contributed by atoms with Gasteiger partial charge in [0, 0.05) is 59.3 Å². The van der Waals surface area contributed by atoms with E-state index in [1.165, 1.54) is 26.5 Å². The number of hydrogen-bond acceptors (Lipinski definition) is 15. The van der Waals surface area contributed by atoms with Gasteiger partial charge in [-0.2, -0.15) is 12.6 Å². The number of primary amides is 1. The average molecular weight is 1080 g/mol. The third-order valence-corrected chi connectivity index (χ3v) is 13.7. The highest BCUT2D eigenvalue weighted by Crippen LogP contribution is 2.25. The molecule has 0 aliphatic carbocycles. The maximum absolute atomic E-state index is 14.5. The molecule has 1 saturated heterocycles. The number of carbonyl (C=O) groups excluding carboxylic acids is 8. The van der Waals surface area contributed by atoms with Crippen LogP contribution in [-0.4, -0.2) is 168 Å². The Bertz CT molecular complexity index is 2360. The average Bonchev–Trinajstić information content (AvgIpc) is 3.96. The fourth-order valence-corrected chi connectivity index (χ4v) is 9.65. The molecule has 29 heteroatoms. The predicted octanol–water partition coefficient (Wildman–Crippen LogP) is -1.93. The van der Waals surface area contributed by atoms with Crippen LogP contribution in [0.15, 0.2) is 35.5 Å². The van der Waals surface area contributed by atoms with Gasteiger partial charge in [-0.15, -0.1) is 0 Å². The molecule has 0 spiro atoms. The molecule has 1 aromatic carbocycles. The minimum Gasteiger partial charge on any atom is -0.481 e. The summed E-state index contributed by atoms with van der Waals surface area (Å²) in [6, 6.07) is -1.60. The van der Waals surface area contributed by atoms with E-state index in [-0.39, 0.29) is 69.1 Å². The number of carboxylic acids is 3. The van der Waals surface area contributed by atoms with Crippen LogP contribution in [0.4, 0.5) is 0 Å². The van der Waals surface area contributed by atoms with E-state index >= 15 is 0 Å². The first-order valence-corrected chi connectivity index (χ1v) is 25.9. The maximum Gasteiger partial charge on any atom is 0.305 e. The van der Waals surface area contributed by atoms with Crippen molar-refractivity contribution in [3.63, 3.8) is 0 Å². The summed E-state index contributed by atoms with van der Waals surface area (Å²) in [5, 5.41) is 43.3. The number of carbonyl (C=O) groups is 11. The summed E-state index contributed by atoms with van der Waals surface area (Å²) in [6.07, 6.45) is 0.300. The molecule has 0 radical (unpaired) electrons. The maximum atomic E-state index is 14.5. The van der Waals surface area contributed by atoms with Gasteiger partial charge < -0.3 is 74.3 Å². The number of thiol groups is 1. The number of rotatable bonds is 32. The first-order valence-electron chi connectivity index (χ1n) is 23.0. The number of aromatic nitrogens is 1. The highest BCUT2D eigenvalue weighted by atomic mass is 33.1. The van der Waals surface area contributed by atoms with Gasteiger partial charge in [-0.25, -0.2) is 0 Å². The van der Waals surface area contributed by atoms with Gasteiger partial charge in [0.1, 0.15) is 36.3 Å². The highest BCUT2D eigenvalue weighted by Gasteiger charge is 2.42. The molecule has 2 heterocycles. The molecular formula is C44H64N12O14S3. The third kappa shape index (κ3) is 21.1. The number of fused-ring (bicyclic) bond motifs is 1. The first kappa shape index (κ1) is 60.6. The van der Waals surface area contributed by atoms with Crippen LogP contribution in [0.2, 0.25) is 0 Å². The molecule has 26 nitrogen and oxygen atoms in total. The zero-order chi connectivity index (χ0) is 54.4. The molecule has 0 saturated carbocycles. The molecule has 73 heavy (non-hydrogen) atoms. The fourth-order valence-electron chi connectivity index (χ4n) is 7.49. The van der Waals surface area contributed by atoms with Gasteiger partial charge in [-0.05, 0) is 57.6 Å². The Labute approximate surface area is 432 Å². The van der Waals surface area contributed by atoms with Crippen LogP contribution in [0.5, 0.6) is 0 Å². The van der Waals surface area contributed by atoms with Gasteiger partial charge >= 0.3 is 17.9 Å². The minimum absolute atomic E-state index is 0.0710. The van der Waals surface area contributed by atoms with E-state index in [0.717, 1.165) is 0 Å². The first-order chi connectivity index (χ1) is 34.4. The van der Waals surface area contributed by atoms with E-state index in [4.69, 9.17) is 22.3 Å². The summed E-state index contributed by atoms with van der Waals surface area (Å²) in [4.78, 5) is 150. The van der Waals surface area contributed by atoms with Crippen molar-refractivity contribution in [2.45, 2.75) is 119 Å². The Balaban J connectivity index is 1.80. The van der Waals surface area contributed by atoms with Gasteiger partial charge in [0.2, 0.25) is 47.3 Å². The number of para-hydroxylation sites is 1. The lowest BCUT2D eigenvalue weighted by Crippen LogP contribution is -2.60. The van der Waals surface area contributed by atoms with Crippen molar-refractivity contribution in [1.29, 1.82) is 0 Å². The number of H-pyrrole nitrogens is 1. The zero-order valence-corrected chi connectivity index (χ0v) is 42.7. The van der Waals surface area contributed by atoms with Crippen LogP contribution in [0.3, 0.4) is 0 Å². The monoisotopic (exact) mass is 1080 g/mol. The van der Waals surface area contributed by atoms with Crippen molar-refractivity contribution in [3.8, 4) is 0 Å². The predicted molar refractivity (Wildman–Crippen MR) is 272 cm³/mol. The minimum atomic E-state index is -1.83. The van der Waals surface area contributed by atoms with E-state index in [2.05, 4.69) is 54.5 Å². The standard InChI is InChI=1S/C44H64N12O14S3/c1-44(2,71)36(37(45)65)55-41(69)30-11-7-15-56(30)42(70)29(18-23-21-49-25-9-4-3-8-24(23)25)54-40(68)28(20-35(63)64)52-32(58)22-50-38(66)26(10-5-6-14-48-43(46)47)53-39(67)27(19-34(61)62)51-31(57)12-16-72-73-17-13-33(59)60/h3-4,8-9,21,26-30,36,49,71H,5-7,10-20,22H2,1-2H3,(H2,45,65)(H,50,66)(H,51,57)(H,52,58)(H,53,67)(H,54,68)(H,55,69)(H,59,60)(H,61,62)(H,63,64)(H4,46,47,48)/t26-,27-,28-,29-,30-,36+/m0/s1. The smallest absolute Gasteiger partial charge is 0.305 e. The lowest BCUT2D eigenvalue weighted by molar-refractivity contribution is -0.143. The second kappa shape index (κ2) is 29.7. The summed E-state index contributed by atoms with van der Waals surface area (Å²) >= 11 is 4.39. The van der Waals surface area contributed by atoms with Gasteiger partial charge in [-0.1, -0.05) is 39.8 Å². The number of carboxylic acid groups (broad SMARTS) is 3. The van der Waals surface area contributed by atoms with Crippen LogP contribution in [-0.2, 0) is 59.2 Å². The molecule has 1 aromatic heterocycles. The third-order valence-electron chi connectivity index (χ3n) is 11.0. The van der Waals surface area contributed by atoms with Crippen LogP contribution < -0.4 is 49.1 Å². The van der Waals surface area contributed by atoms with Crippen molar-refractivity contribution in [1.82, 2.24) is 41.8 Å². The fraction of sp³-hybridized carbons (Fsp3) is 0.545. The number of likely N-dealkylation sites (tertiary alicyclic amines) is 1.